The summed E-state index contributed by atoms with van der Waals surface area (Å²) in [6.45, 7) is 5.26. The van der Waals surface area contributed by atoms with Crippen molar-refractivity contribution in [3.05, 3.63) is 68.7 Å². The van der Waals surface area contributed by atoms with E-state index in [4.69, 9.17) is 18.9 Å². The average Bonchev–Trinajstić information content (AvgIpc) is 3.44. The van der Waals surface area contributed by atoms with E-state index in [2.05, 4.69) is 4.98 Å². The summed E-state index contributed by atoms with van der Waals surface area (Å²) in [7, 11) is 5.59. The molecule has 0 radical (unpaired) electrons. The number of aryl methyl sites for hydroxylation is 3. The predicted molar refractivity (Wildman–Crippen MR) is 145 cm³/mol. The van der Waals surface area contributed by atoms with E-state index in [1.807, 2.05) is 19.1 Å². The normalized spacial score (nSPS) is 16.4. The van der Waals surface area contributed by atoms with Crippen LogP contribution in [0.1, 0.15) is 43.7 Å². The molecule has 1 aliphatic rings. The number of anilines is 1. The number of carbonyl (C=O) groups is 3. The summed E-state index contributed by atoms with van der Waals surface area (Å²) in [4.78, 5) is 45.2. The molecule has 1 saturated heterocycles. The Morgan fingerprint density at radius 2 is 1.62 bits per heavy atom. The van der Waals surface area contributed by atoms with Crippen LogP contribution in [0.25, 0.3) is 5.76 Å². The third-order valence-electron chi connectivity index (χ3n) is 6.46. The first-order valence-electron chi connectivity index (χ1n) is 11.8. The van der Waals surface area contributed by atoms with E-state index in [-0.39, 0.29) is 32.8 Å². The van der Waals surface area contributed by atoms with Gasteiger partial charge in [0.25, 0.3) is 5.78 Å². The molecule has 2 heterocycles. The van der Waals surface area contributed by atoms with Crippen LogP contribution in [0.3, 0.4) is 0 Å². The molecule has 10 nitrogen and oxygen atoms in total. The van der Waals surface area contributed by atoms with Crippen LogP contribution < -0.4 is 19.1 Å². The number of thiazole rings is 1. The number of ether oxygens (including phenoxy) is 4. The molecule has 1 N–H and O–H groups in total. The van der Waals surface area contributed by atoms with Gasteiger partial charge in [0.2, 0.25) is 5.75 Å². The number of benzene rings is 2. The van der Waals surface area contributed by atoms with Gasteiger partial charge in [-0.1, -0.05) is 29.0 Å². The standard InChI is InChI=1S/C28H28N2O8S/c1-13-8-9-14(2)17(10-13)22(31)20-21(16-11-18(35-4)24(37-6)19(12-16)36-5)30(26(33)23(20)32)28-29-15(3)25(39-28)27(34)38-7/h8-12,21,31H,1-7H3/b22-20+. The van der Waals surface area contributed by atoms with Crippen LogP contribution in [-0.4, -0.2) is 56.2 Å². The third kappa shape index (κ3) is 4.69. The molecule has 11 heteroatoms. The van der Waals surface area contributed by atoms with E-state index in [0.29, 0.717) is 28.1 Å². The molecular weight excluding hydrogens is 524 g/mol. The van der Waals surface area contributed by atoms with Gasteiger partial charge in [-0.25, -0.2) is 9.78 Å². The second kappa shape index (κ2) is 10.8. The van der Waals surface area contributed by atoms with Gasteiger partial charge < -0.3 is 24.1 Å². The quantitative estimate of drug-likeness (QED) is 0.195. The van der Waals surface area contributed by atoms with Gasteiger partial charge in [-0.05, 0) is 50.1 Å². The Morgan fingerprint density at radius 3 is 2.18 bits per heavy atom. The molecule has 1 aliphatic heterocycles. The molecule has 0 saturated carbocycles. The minimum absolute atomic E-state index is 0.0914. The largest absolute Gasteiger partial charge is 0.507 e. The number of aliphatic hydroxyl groups excluding tert-OH is 1. The Morgan fingerprint density at radius 1 is 0.974 bits per heavy atom. The molecule has 3 aromatic rings. The molecule has 1 fully saturated rings. The molecule has 1 aromatic heterocycles. The highest BCUT2D eigenvalue weighted by molar-refractivity contribution is 7.17. The van der Waals surface area contributed by atoms with E-state index in [9.17, 15) is 19.5 Å². The molecule has 0 spiro atoms. The van der Waals surface area contributed by atoms with Crippen LogP contribution in [0, 0.1) is 20.8 Å². The molecular formula is C28H28N2O8S. The molecule has 0 aliphatic carbocycles. The average molecular weight is 553 g/mol. The van der Waals surface area contributed by atoms with Crippen molar-refractivity contribution >= 4 is 39.9 Å². The van der Waals surface area contributed by atoms with Crippen molar-refractivity contribution in [1.82, 2.24) is 4.98 Å². The molecule has 1 atom stereocenters. The maximum atomic E-state index is 13.6. The highest BCUT2D eigenvalue weighted by Gasteiger charge is 2.49. The number of carbonyl (C=O) groups excluding carboxylic acids is 3. The molecule has 39 heavy (non-hydrogen) atoms. The number of aromatic nitrogens is 1. The number of hydrogen-bond donors (Lipinski definition) is 1. The van der Waals surface area contributed by atoms with Gasteiger partial charge >= 0.3 is 11.9 Å². The molecule has 4 rings (SSSR count). The maximum absolute atomic E-state index is 13.6. The van der Waals surface area contributed by atoms with Crippen molar-refractivity contribution < 1.29 is 38.4 Å². The Balaban J connectivity index is 2.05. The van der Waals surface area contributed by atoms with Crippen molar-refractivity contribution in [2.45, 2.75) is 26.8 Å². The minimum Gasteiger partial charge on any atom is -0.507 e. The maximum Gasteiger partial charge on any atom is 0.350 e. The summed E-state index contributed by atoms with van der Waals surface area (Å²) < 4.78 is 21.3. The minimum atomic E-state index is -1.13. The van der Waals surface area contributed by atoms with Gasteiger partial charge in [-0.2, -0.15) is 0 Å². The number of hydrogen-bond acceptors (Lipinski definition) is 10. The van der Waals surface area contributed by atoms with E-state index in [1.165, 1.54) is 33.3 Å². The number of nitrogens with zero attached hydrogens (tertiary/aromatic N) is 2. The smallest absolute Gasteiger partial charge is 0.350 e. The monoisotopic (exact) mass is 552 g/mol. The number of esters is 1. The first kappa shape index (κ1) is 27.6. The van der Waals surface area contributed by atoms with Crippen LogP contribution >= 0.6 is 11.3 Å². The highest BCUT2D eigenvalue weighted by atomic mass is 32.1. The topological polar surface area (TPSA) is 124 Å². The lowest BCUT2D eigenvalue weighted by atomic mass is 9.93. The van der Waals surface area contributed by atoms with Crippen molar-refractivity contribution in [2.75, 3.05) is 33.3 Å². The van der Waals surface area contributed by atoms with Crippen molar-refractivity contribution in [3.63, 3.8) is 0 Å². The zero-order chi connectivity index (χ0) is 28.6. The van der Waals surface area contributed by atoms with Crippen LogP contribution in [0.2, 0.25) is 0 Å². The lowest BCUT2D eigenvalue weighted by molar-refractivity contribution is -0.132. The SMILES string of the molecule is COC(=O)c1sc(N2C(=O)C(=O)/C(=C(/O)c3cc(C)ccc3C)C2c2cc(OC)c(OC)c(OC)c2)nc1C. The van der Waals surface area contributed by atoms with Crippen molar-refractivity contribution in [1.29, 1.82) is 0 Å². The van der Waals surface area contributed by atoms with Crippen LogP contribution in [0.4, 0.5) is 5.13 Å². The summed E-state index contributed by atoms with van der Waals surface area (Å²) in [5.74, 6) is -1.88. The fourth-order valence-electron chi connectivity index (χ4n) is 4.51. The number of ketones is 1. The van der Waals surface area contributed by atoms with Gasteiger partial charge in [0.1, 0.15) is 10.6 Å². The van der Waals surface area contributed by atoms with Gasteiger partial charge in [0, 0.05) is 5.56 Å². The van der Waals surface area contributed by atoms with Gasteiger partial charge in [0.05, 0.1) is 45.7 Å². The summed E-state index contributed by atoms with van der Waals surface area (Å²) >= 11 is 0.912. The summed E-state index contributed by atoms with van der Waals surface area (Å²) in [6.07, 6.45) is 0. The lowest BCUT2D eigenvalue weighted by Gasteiger charge is -2.25. The van der Waals surface area contributed by atoms with E-state index in [1.54, 1.807) is 32.0 Å². The van der Waals surface area contributed by atoms with Crippen molar-refractivity contribution in [3.8, 4) is 17.2 Å². The number of aliphatic hydroxyl groups is 1. The van der Waals surface area contributed by atoms with Gasteiger partial charge in [-0.3, -0.25) is 14.5 Å². The number of Topliss-reactive ketones (excluding diaryl/α,β-unsaturated/α-hetero) is 1. The molecule has 1 amide bonds. The second-order valence-corrected chi connectivity index (χ2v) is 9.83. The zero-order valence-electron chi connectivity index (χ0n) is 22.6. The van der Waals surface area contributed by atoms with Gasteiger partial charge in [-0.15, -0.1) is 0 Å². The summed E-state index contributed by atoms with van der Waals surface area (Å²) in [5.41, 5.74) is 2.57. The Kier molecular flexibility index (Phi) is 7.64. The third-order valence-corrected chi connectivity index (χ3v) is 7.59. The Hall–Kier alpha value is -4.38. The van der Waals surface area contributed by atoms with E-state index >= 15 is 0 Å². The van der Waals surface area contributed by atoms with Crippen molar-refractivity contribution in [2.24, 2.45) is 0 Å². The molecule has 0 bridgehead atoms. The number of methoxy groups -OCH3 is 4. The lowest BCUT2D eigenvalue weighted by Crippen LogP contribution is -2.29. The van der Waals surface area contributed by atoms with Crippen LogP contribution in [0.5, 0.6) is 17.2 Å². The fourth-order valence-corrected chi connectivity index (χ4v) is 5.52. The molecule has 1 unspecified atom stereocenters. The first-order chi connectivity index (χ1) is 18.6. The Labute approximate surface area is 229 Å². The Bertz CT molecular complexity index is 1500. The first-order valence-corrected chi connectivity index (χ1v) is 12.6. The van der Waals surface area contributed by atoms with E-state index in [0.717, 1.165) is 16.9 Å². The number of amides is 1. The van der Waals surface area contributed by atoms with Crippen LogP contribution in [0.15, 0.2) is 35.9 Å². The summed E-state index contributed by atoms with van der Waals surface area (Å²) in [6, 6.07) is 7.52. The van der Waals surface area contributed by atoms with Gasteiger partial charge in [0.15, 0.2) is 16.6 Å². The summed E-state index contributed by atoms with van der Waals surface area (Å²) in [5, 5.41) is 11.6. The van der Waals surface area contributed by atoms with Crippen LogP contribution in [-0.2, 0) is 14.3 Å². The van der Waals surface area contributed by atoms with E-state index < -0.39 is 23.7 Å². The second-order valence-electron chi connectivity index (χ2n) is 8.85. The zero-order valence-corrected chi connectivity index (χ0v) is 23.4. The molecule has 2 aromatic carbocycles. The fraction of sp³-hybridized carbons (Fsp3) is 0.286. The number of rotatable bonds is 7. The predicted octanol–water partition coefficient (Wildman–Crippen LogP) is 4.51. The highest BCUT2D eigenvalue weighted by Crippen LogP contribution is 2.48. The molecule has 204 valence electrons.